The van der Waals surface area contributed by atoms with Crippen LogP contribution in [0.5, 0.6) is 0 Å². The zero-order valence-electron chi connectivity index (χ0n) is 10.5. The molecular weight excluding hydrogens is 298 g/mol. The molecule has 0 saturated heterocycles. The third-order valence-corrected chi connectivity index (χ3v) is 3.66. The fourth-order valence-electron chi connectivity index (χ4n) is 1.65. The van der Waals surface area contributed by atoms with Crippen LogP contribution in [0.15, 0.2) is 40.3 Å². The minimum Gasteiger partial charge on any atom is -0.338 e. The van der Waals surface area contributed by atoms with Crippen LogP contribution in [-0.2, 0) is 5.75 Å². The maximum absolute atomic E-state index is 6.00. The molecule has 0 radical (unpaired) electrons. The fraction of sp³-hybridized carbons (Fsp3) is 0.167. The van der Waals surface area contributed by atoms with Gasteiger partial charge < -0.3 is 4.52 Å². The summed E-state index contributed by atoms with van der Waals surface area (Å²) in [5.41, 5.74) is 0.909. The second-order valence-corrected chi connectivity index (χ2v) is 5.37. The van der Waals surface area contributed by atoms with Crippen LogP contribution < -0.4 is 0 Å². The predicted molar refractivity (Wildman–Crippen MR) is 75.0 cm³/mol. The number of nitrogens with zero attached hydrogens (tertiary/aromatic N) is 5. The third-order valence-electron chi connectivity index (χ3n) is 2.50. The first-order valence-electron chi connectivity index (χ1n) is 5.80. The molecule has 20 heavy (non-hydrogen) atoms. The van der Waals surface area contributed by atoms with Crippen LogP contribution in [0.3, 0.4) is 0 Å². The normalized spacial score (nSPS) is 10.9. The molecule has 2 heterocycles. The van der Waals surface area contributed by atoms with Crippen molar-refractivity contribution in [1.29, 1.82) is 0 Å². The molecule has 2 aromatic heterocycles. The Morgan fingerprint density at radius 2 is 2.30 bits per heavy atom. The molecule has 0 bridgehead atoms. The maximum atomic E-state index is 6.00. The zero-order valence-corrected chi connectivity index (χ0v) is 12.1. The van der Waals surface area contributed by atoms with E-state index in [1.165, 1.54) is 11.8 Å². The van der Waals surface area contributed by atoms with Crippen molar-refractivity contribution in [2.75, 3.05) is 0 Å². The van der Waals surface area contributed by atoms with Gasteiger partial charge in [-0.05, 0) is 25.1 Å². The van der Waals surface area contributed by atoms with Crippen molar-refractivity contribution in [2.45, 2.75) is 17.8 Å². The summed E-state index contributed by atoms with van der Waals surface area (Å²) in [5.74, 6) is 1.73. The Labute approximate surface area is 124 Å². The van der Waals surface area contributed by atoms with E-state index in [9.17, 15) is 0 Å². The molecule has 0 saturated carbocycles. The van der Waals surface area contributed by atoms with Crippen LogP contribution in [0.4, 0.5) is 0 Å². The van der Waals surface area contributed by atoms with Gasteiger partial charge in [0.05, 0.1) is 11.4 Å². The minimum absolute atomic E-state index is 0.542. The Bertz CT molecular complexity index is 726. The van der Waals surface area contributed by atoms with Gasteiger partial charge in [0.25, 0.3) is 0 Å². The van der Waals surface area contributed by atoms with Crippen molar-refractivity contribution in [3.8, 4) is 5.69 Å². The smallest absolute Gasteiger partial charge is 0.237 e. The monoisotopic (exact) mass is 307 g/mol. The van der Waals surface area contributed by atoms with Gasteiger partial charge in [0, 0.05) is 5.02 Å². The van der Waals surface area contributed by atoms with E-state index in [0.29, 0.717) is 22.5 Å². The molecule has 3 rings (SSSR count). The second kappa shape index (κ2) is 5.64. The highest BCUT2D eigenvalue weighted by molar-refractivity contribution is 7.98. The van der Waals surface area contributed by atoms with Crippen LogP contribution in [-0.4, -0.2) is 24.9 Å². The van der Waals surface area contributed by atoms with Gasteiger partial charge in [0.15, 0.2) is 11.0 Å². The molecule has 6 nitrogen and oxygen atoms in total. The second-order valence-electron chi connectivity index (χ2n) is 3.99. The van der Waals surface area contributed by atoms with Crippen LogP contribution in [0, 0.1) is 6.92 Å². The first kappa shape index (κ1) is 13.1. The zero-order chi connectivity index (χ0) is 13.9. The highest BCUT2D eigenvalue weighted by atomic mass is 35.5. The van der Waals surface area contributed by atoms with Crippen molar-refractivity contribution in [3.63, 3.8) is 0 Å². The Hall–Kier alpha value is -1.86. The maximum Gasteiger partial charge on any atom is 0.237 e. The Balaban J connectivity index is 1.80. The molecule has 0 atom stereocenters. The fourth-order valence-corrected chi connectivity index (χ4v) is 2.60. The molecule has 0 N–H and O–H groups in total. The van der Waals surface area contributed by atoms with E-state index >= 15 is 0 Å². The number of rotatable bonds is 4. The summed E-state index contributed by atoms with van der Waals surface area (Å²) in [6.45, 7) is 1.78. The standard InChI is InChI=1S/C12H10ClN5OS/c1-8-15-11(19-17-8)6-20-12-16-14-7-18(12)10-4-2-3-9(13)5-10/h2-5,7H,6H2,1H3. The molecule has 1 aromatic carbocycles. The number of aryl methyl sites for hydroxylation is 1. The number of hydrogen-bond donors (Lipinski definition) is 0. The van der Waals surface area contributed by atoms with Crippen molar-refractivity contribution in [3.05, 3.63) is 47.3 Å². The summed E-state index contributed by atoms with van der Waals surface area (Å²) < 4.78 is 6.93. The molecule has 8 heteroatoms. The summed E-state index contributed by atoms with van der Waals surface area (Å²) in [4.78, 5) is 4.15. The molecule has 0 fully saturated rings. The number of aromatic nitrogens is 5. The molecular formula is C12H10ClN5OS. The van der Waals surface area contributed by atoms with E-state index in [-0.39, 0.29) is 0 Å². The van der Waals surface area contributed by atoms with E-state index in [1.54, 1.807) is 13.3 Å². The first-order valence-corrected chi connectivity index (χ1v) is 7.17. The lowest BCUT2D eigenvalue weighted by Crippen LogP contribution is -1.95. The van der Waals surface area contributed by atoms with Crippen LogP contribution in [0.2, 0.25) is 5.02 Å². The van der Waals surface area contributed by atoms with Gasteiger partial charge in [-0.15, -0.1) is 10.2 Å². The average molecular weight is 308 g/mol. The highest BCUT2D eigenvalue weighted by Crippen LogP contribution is 2.24. The van der Waals surface area contributed by atoms with Crippen LogP contribution >= 0.6 is 23.4 Å². The van der Waals surface area contributed by atoms with Crippen molar-refractivity contribution in [1.82, 2.24) is 24.9 Å². The van der Waals surface area contributed by atoms with Gasteiger partial charge in [-0.25, -0.2) is 0 Å². The number of benzene rings is 1. The van der Waals surface area contributed by atoms with E-state index < -0.39 is 0 Å². The molecule has 0 amide bonds. The van der Waals surface area contributed by atoms with Crippen molar-refractivity contribution in [2.24, 2.45) is 0 Å². The SMILES string of the molecule is Cc1noc(CSc2nncn2-c2cccc(Cl)c2)n1. The summed E-state index contributed by atoms with van der Waals surface area (Å²) >= 11 is 7.47. The van der Waals surface area contributed by atoms with E-state index in [4.69, 9.17) is 16.1 Å². The number of halogens is 1. The quantitative estimate of drug-likeness (QED) is 0.690. The lowest BCUT2D eigenvalue weighted by atomic mass is 10.3. The molecule has 0 spiro atoms. The molecule has 0 unspecified atom stereocenters. The Kier molecular flexibility index (Phi) is 3.70. The summed E-state index contributed by atoms with van der Waals surface area (Å²) in [5, 5.41) is 13.2. The van der Waals surface area contributed by atoms with Gasteiger partial charge in [0.1, 0.15) is 6.33 Å². The lowest BCUT2D eigenvalue weighted by molar-refractivity contribution is 0.387. The van der Waals surface area contributed by atoms with Crippen LogP contribution in [0.1, 0.15) is 11.7 Å². The molecule has 3 aromatic rings. The van der Waals surface area contributed by atoms with Gasteiger partial charge in [-0.1, -0.05) is 34.6 Å². The topological polar surface area (TPSA) is 69.6 Å². The van der Waals surface area contributed by atoms with Gasteiger partial charge in [-0.3, -0.25) is 4.57 Å². The van der Waals surface area contributed by atoms with E-state index in [0.717, 1.165) is 10.8 Å². The van der Waals surface area contributed by atoms with Crippen molar-refractivity contribution < 1.29 is 4.52 Å². The largest absolute Gasteiger partial charge is 0.338 e. The molecule has 102 valence electrons. The van der Waals surface area contributed by atoms with Gasteiger partial charge in [0.2, 0.25) is 5.89 Å². The molecule has 0 aliphatic heterocycles. The van der Waals surface area contributed by atoms with E-state index in [2.05, 4.69) is 20.3 Å². The molecule has 0 aliphatic rings. The molecule has 0 aliphatic carbocycles. The predicted octanol–water partition coefficient (Wildman–Crippen LogP) is 2.90. The Morgan fingerprint density at radius 1 is 1.40 bits per heavy atom. The lowest BCUT2D eigenvalue weighted by Gasteiger charge is -2.05. The number of hydrogen-bond acceptors (Lipinski definition) is 6. The highest BCUT2D eigenvalue weighted by Gasteiger charge is 2.10. The van der Waals surface area contributed by atoms with Crippen molar-refractivity contribution >= 4 is 23.4 Å². The van der Waals surface area contributed by atoms with Gasteiger partial charge in [-0.2, -0.15) is 4.98 Å². The van der Waals surface area contributed by atoms with E-state index in [1.807, 2.05) is 28.8 Å². The summed E-state index contributed by atoms with van der Waals surface area (Å²) in [6, 6.07) is 7.50. The number of thioether (sulfide) groups is 1. The average Bonchev–Trinajstić information content (AvgIpc) is 3.05. The van der Waals surface area contributed by atoms with Gasteiger partial charge >= 0.3 is 0 Å². The summed E-state index contributed by atoms with van der Waals surface area (Å²) in [6.07, 6.45) is 1.65. The minimum atomic E-state index is 0.542. The Morgan fingerprint density at radius 3 is 3.05 bits per heavy atom. The third kappa shape index (κ3) is 2.83. The summed E-state index contributed by atoms with van der Waals surface area (Å²) in [7, 11) is 0. The first-order chi connectivity index (χ1) is 9.72. The van der Waals surface area contributed by atoms with Crippen LogP contribution in [0.25, 0.3) is 5.69 Å².